The third kappa shape index (κ3) is 2.16. The first-order valence-corrected chi connectivity index (χ1v) is 9.20. The van der Waals surface area contributed by atoms with Crippen molar-refractivity contribution < 1.29 is 13.2 Å². The van der Waals surface area contributed by atoms with Crippen LogP contribution in [0.4, 0.5) is 0 Å². The largest absolute Gasteiger partial charge is 0.339 e. The van der Waals surface area contributed by atoms with Crippen LogP contribution in [0, 0.1) is 5.92 Å². The molecule has 120 valence electrons. The monoisotopic (exact) mass is 324 g/mol. The summed E-state index contributed by atoms with van der Waals surface area (Å²) in [4.78, 5) is 18.2. The molecule has 1 aromatic rings. The highest BCUT2D eigenvalue weighted by Gasteiger charge is 2.51. The summed E-state index contributed by atoms with van der Waals surface area (Å²) in [6, 6.07) is -0.176. The SMILES string of the molecule is Cn1cnc(S(=O)(=O)N2CC[C@@H]3[C@@H]2CC(=O)N3CC2CC2)c1. The van der Waals surface area contributed by atoms with Gasteiger partial charge in [-0.15, -0.1) is 0 Å². The Balaban J connectivity index is 1.59. The summed E-state index contributed by atoms with van der Waals surface area (Å²) >= 11 is 0. The van der Waals surface area contributed by atoms with Gasteiger partial charge in [0, 0.05) is 32.8 Å². The Morgan fingerprint density at radius 1 is 1.27 bits per heavy atom. The summed E-state index contributed by atoms with van der Waals surface area (Å²) in [6.45, 7) is 1.28. The number of imidazole rings is 1. The number of aryl methyl sites for hydroxylation is 1. The van der Waals surface area contributed by atoms with Gasteiger partial charge >= 0.3 is 0 Å². The van der Waals surface area contributed by atoms with Crippen LogP contribution in [-0.2, 0) is 21.9 Å². The number of carbonyl (C=O) groups is 1. The minimum atomic E-state index is -3.61. The Labute approximate surface area is 130 Å². The van der Waals surface area contributed by atoms with E-state index in [2.05, 4.69) is 4.98 Å². The maximum absolute atomic E-state index is 12.8. The second kappa shape index (κ2) is 4.79. The molecule has 7 nitrogen and oxygen atoms in total. The molecule has 2 aliphatic heterocycles. The van der Waals surface area contributed by atoms with Gasteiger partial charge in [-0.05, 0) is 25.2 Å². The maximum atomic E-state index is 12.8. The summed E-state index contributed by atoms with van der Waals surface area (Å²) in [5, 5.41) is 0.0729. The van der Waals surface area contributed by atoms with E-state index in [1.54, 1.807) is 11.6 Å². The third-order valence-corrected chi connectivity index (χ3v) is 6.78. The average molecular weight is 324 g/mol. The highest BCUT2D eigenvalue weighted by molar-refractivity contribution is 7.89. The number of aromatic nitrogens is 2. The van der Waals surface area contributed by atoms with Crippen molar-refractivity contribution in [2.75, 3.05) is 13.1 Å². The summed E-state index contributed by atoms with van der Waals surface area (Å²) in [6.07, 6.45) is 6.42. The lowest BCUT2D eigenvalue weighted by atomic mass is 10.1. The predicted octanol–water partition coefficient (Wildman–Crippen LogP) is 0.194. The fourth-order valence-electron chi connectivity index (χ4n) is 3.65. The lowest BCUT2D eigenvalue weighted by Crippen LogP contribution is -2.40. The lowest BCUT2D eigenvalue weighted by molar-refractivity contribution is -0.129. The number of sulfonamides is 1. The van der Waals surface area contributed by atoms with E-state index in [1.807, 2.05) is 4.90 Å². The highest BCUT2D eigenvalue weighted by Crippen LogP contribution is 2.39. The zero-order valence-electron chi connectivity index (χ0n) is 12.6. The summed E-state index contributed by atoms with van der Waals surface area (Å²) in [5.41, 5.74) is 0. The van der Waals surface area contributed by atoms with E-state index in [4.69, 9.17) is 0 Å². The second-order valence-electron chi connectivity index (χ2n) is 6.61. The van der Waals surface area contributed by atoms with Gasteiger partial charge in [-0.25, -0.2) is 13.4 Å². The molecule has 2 saturated heterocycles. The van der Waals surface area contributed by atoms with Crippen LogP contribution in [0.1, 0.15) is 25.7 Å². The maximum Gasteiger partial charge on any atom is 0.262 e. The van der Waals surface area contributed by atoms with Gasteiger partial charge in [0.15, 0.2) is 5.03 Å². The Hall–Kier alpha value is -1.41. The zero-order valence-corrected chi connectivity index (χ0v) is 13.4. The normalized spacial score (nSPS) is 29.3. The zero-order chi connectivity index (χ0) is 15.5. The molecule has 1 amide bonds. The standard InChI is InChI=1S/C14H20N4O3S/c1-16-8-13(15-9-16)22(20,21)18-5-4-11-12(18)6-14(19)17(11)7-10-2-3-10/h8-12H,2-7H2,1H3/t11-,12+/m1/s1. The first-order chi connectivity index (χ1) is 10.5. The molecule has 0 aromatic carbocycles. The Kier molecular flexibility index (Phi) is 3.09. The summed E-state index contributed by atoms with van der Waals surface area (Å²) in [5.74, 6) is 0.729. The number of rotatable bonds is 4. The van der Waals surface area contributed by atoms with Gasteiger partial charge < -0.3 is 9.47 Å². The molecule has 1 aromatic heterocycles. The molecule has 8 heteroatoms. The molecule has 1 saturated carbocycles. The van der Waals surface area contributed by atoms with E-state index in [1.165, 1.54) is 29.7 Å². The molecular formula is C14H20N4O3S. The number of hydrogen-bond donors (Lipinski definition) is 0. The van der Waals surface area contributed by atoms with Crippen molar-refractivity contribution >= 4 is 15.9 Å². The topological polar surface area (TPSA) is 75.5 Å². The van der Waals surface area contributed by atoms with Crippen LogP contribution in [0.5, 0.6) is 0 Å². The van der Waals surface area contributed by atoms with Gasteiger partial charge in [-0.3, -0.25) is 4.79 Å². The number of amides is 1. The summed E-state index contributed by atoms with van der Waals surface area (Å²) < 4.78 is 28.6. The molecular weight excluding hydrogens is 304 g/mol. The number of fused-ring (bicyclic) bond motifs is 1. The molecule has 3 heterocycles. The van der Waals surface area contributed by atoms with Crippen LogP contribution in [0.25, 0.3) is 0 Å². The van der Waals surface area contributed by atoms with Gasteiger partial charge in [-0.1, -0.05) is 0 Å². The Morgan fingerprint density at radius 2 is 2.05 bits per heavy atom. The molecule has 3 fully saturated rings. The first kappa shape index (κ1) is 14.2. The first-order valence-electron chi connectivity index (χ1n) is 7.76. The van der Waals surface area contributed by atoms with Crippen LogP contribution in [0.2, 0.25) is 0 Å². The molecule has 0 radical (unpaired) electrons. The van der Waals surface area contributed by atoms with Crippen LogP contribution < -0.4 is 0 Å². The van der Waals surface area contributed by atoms with Crippen LogP contribution >= 0.6 is 0 Å². The van der Waals surface area contributed by atoms with Crippen molar-refractivity contribution in [2.24, 2.45) is 13.0 Å². The Bertz CT molecular complexity index is 709. The van der Waals surface area contributed by atoms with Gasteiger partial charge in [0.25, 0.3) is 10.0 Å². The molecule has 4 rings (SSSR count). The molecule has 0 N–H and O–H groups in total. The van der Waals surface area contributed by atoms with Crippen molar-refractivity contribution in [1.29, 1.82) is 0 Å². The molecule has 1 aliphatic carbocycles. The van der Waals surface area contributed by atoms with Gasteiger partial charge in [-0.2, -0.15) is 4.31 Å². The molecule has 22 heavy (non-hydrogen) atoms. The fourth-order valence-corrected chi connectivity index (χ4v) is 5.29. The van der Waals surface area contributed by atoms with Crippen molar-refractivity contribution in [3.8, 4) is 0 Å². The lowest BCUT2D eigenvalue weighted by Gasteiger charge is -2.24. The second-order valence-corrected chi connectivity index (χ2v) is 8.45. The van der Waals surface area contributed by atoms with Crippen LogP contribution in [-0.4, -0.2) is 58.3 Å². The van der Waals surface area contributed by atoms with Gasteiger partial charge in [0.1, 0.15) is 0 Å². The highest BCUT2D eigenvalue weighted by atomic mass is 32.2. The minimum absolute atomic E-state index is 0.0478. The van der Waals surface area contributed by atoms with Gasteiger partial charge in [0.05, 0.1) is 18.4 Å². The van der Waals surface area contributed by atoms with E-state index in [9.17, 15) is 13.2 Å². The van der Waals surface area contributed by atoms with Crippen LogP contribution in [0.15, 0.2) is 17.6 Å². The summed E-state index contributed by atoms with van der Waals surface area (Å²) in [7, 11) is -1.86. The third-order valence-electron chi connectivity index (χ3n) is 4.97. The average Bonchev–Trinajstić information content (AvgIpc) is 2.87. The minimum Gasteiger partial charge on any atom is -0.339 e. The molecule has 2 atom stereocenters. The number of carbonyl (C=O) groups excluding carboxylic acids is 1. The molecule has 0 bridgehead atoms. The smallest absolute Gasteiger partial charge is 0.262 e. The van der Waals surface area contributed by atoms with Crippen molar-refractivity contribution in [3.05, 3.63) is 12.5 Å². The molecule has 3 aliphatic rings. The van der Waals surface area contributed by atoms with Crippen molar-refractivity contribution in [3.63, 3.8) is 0 Å². The van der Waals surface area contributed by atoms with E-state index in [-0.39, 0.29) is 23.0 Å². The fraction of sp³-hybridized carbons (Fsp3) is 0.714. The number of likely N-dealkylation sites (tertiary alicyclic amines) is 1. The van der Waals surface area contributed by atoms with E-state index < -0.39 is 10.0 Å². The number of hydrogen-bond acceptors (Lipinski definition) is 4. The molecule has 0 spiro atoms. The van der Waals surface area contributed by atoms with E-state index in [0.29, 0.717) is 18.9 Å². The van der Waals surface area contributed by atoms with E-state index >= 15 is 0 Å². The quantitative estimate of drug-likeness (QED) is 0.792. The predicted molar refractivity (Wildman–Crippen MR) is 78.3 cm³/mol. The van der Waals surface area contributed by atoms with Gasteiger partial charge in [0.2, 0.25) is 5.91 Å². The van der Waals surface area contributed by atoms with E-state index in [0.717, 1.165) is 13.0 Å². The van der Waals surface area contributed by atoms with Crippen molar-refractivity contribution in [1.82, 2.24) is 18.8 Å². The molecule has 0 unspecified atom stereocenters. The number of nitrogens with zero attached hydrogens (tertiary/aromatic N) is 4. The van der Waals surface area contributed by atoms with Crippen LogP contribution in [0.3, 0.4) is 0 Å². The van der Waals surface area contributed by atoms with Crippen molar-refractivity contribution in [2.45, 2.75) is 42.8 Å². The Morgan fingerprint density at radius 3 is 2.68 bits per heavy atom.